The Balaban J connectivity index is 2.51. The van der Waals surface area contributed by atoms with Gasteiger partial charge in [-0.1, -0.05) is 0 Å². The number of rotatable bonds is 6. The van der Waals surface area contributed by atoms with Gasteiger partial charge in [-0.25, -0.2) is 9.59 Å². The van der Waals surface area contributed by atoms with Gasteiger partial charge in [0, 0.05) is 19.1 Å². The molecule has 1 atom stereocenters. The maximum absolute atomic E-state index is 11.4. The molecule has 0 aromatic carbocycles. The van der Waals surface area contributed by atoms with Crippen LogP contribution in [0, 0.1) is 0 Å². The maximum atomic E-state index is 11.4. The summed E-state index contributed by atoms with van der Waals surface area (Å²) in [5.41, 5.74) is 5.85. The van der Waals surface area contributed by atoms with Gasteiger partial charge in [0.1, 0.15) is 18.6 Å². The van der Waals surface area contributed by atoms with Crippen molar-refractivity contribution in [2.24, 2.45) is 0 Å². The number of ether oxygens (including phenoxy) is 3. The maximum Gasteiger partial charge on any atom is 0.350 e. The third-order valence-corrected chi connectivity index (χ3v) is 2.17. The summed E-state index contributed by atoms with van der Waals surface area (Å²) in [6.45, 7) is 0.675. The van der Waals surface area contributed by atoms with Gasteiger partial charge in [-0.15, -0.1) is 0 Å². The fraction of sp³-hybridized carbons (Fsp3) is 0.308. The molecule has 0 radical (unpaired) electrons. The molecule has 114 valence electrons. The van der Waals surface area contributed by atoms with Gasteiger partial charge in [0.25, 0.3) is 0 Å². The van der Waals surface area contributed by atoms with Crippen LogP contribution in [0.15, 0.2) is 22.8 Å². The number of nitrogens with two attached hydrogens (primary N) is 1. The molecule has 0 saturated heterocycles. The Hall–Kier alpha value is -2.77. The van der Waals surface area contributed by atoms with E-state index in [1.165, 1.54) is 18.4 Å². The summed E-state index contributed by atoms with van der Waals surface area (Å²) < 4.78 is 18.9. The Morgan fingerprint density at radius 3 is 2.67 bits per heavy atom. The van der Waals surface area contributed by atoms with Crippen LogP contribution in [-0.4, -0.2) is 37.7 Å². The van der Waals surface area contributed by atoms with Crippen LogP contribution in [0.1, 0.15) is 12.7 Å². The highest BCUT2D eigenvalue weighted by Gasteiger charge is 2.23. The molecule has 1 heterocycles. The molecule has 0 aliphatic heterocycles. The van der Waals surface area contributed by atoms with Crippen molar-refractivity contribution in [2.45, 2.75) is 13.0 Å². The summed E-state index contributed by atoms with van der Waals surface area (Å²) in [6, 6.07) is 1.51. The number of hydrogen-bond donors (Lipinski definition) is 1. The monoisotopic (exact) mass is 297 g/mol. The smallest absolute Gasteiger partial charge is 0.350 e. The molecule has 0 saturated carbocycles. The molecule has 0 amide bonds. The van der Waals surface area contributed by atoms with Crippen molar-refractivity contribution in [2.75, 3.05) is 19.5 Å². The number of carbonyl (C=O) groups excluding carboxylic acids is 3. The minimum atomic E-state index is -1.30. The van der Waals surface area contributed by atoms with E-state index in [-0.39, 0.29) is 0 Å². The van der Waals surface area contributed by atoms with E-state index < -0.39 is 30.6 Å². The van der Waals surface area contributed by atoms with Gasteiger partial charge in [-0.3, -0.25) is 4.79 Å². The minimum Gasteiger partial charge on any atom is -0.466 e. The average molecular weight is 297 g/mol. The second-order valence-electron chi connectivity index (χ2n) is 3.87. The summed E-state index contributed by atoms with van der Waals surface area (Å²) in [7, 11) is 1.13. The van der Waals surface area contributed by atoms with Crippen molar-refractivity contribution in [1.29, 1.82) is 0 Å². The summed E-state index contributed by atoms with van der Waals surface area (Å²) >= 11 is 0. The molecule has 1 rings (SSSR count). The lowest BCUT2D eigenvalue weighted by Gasteiger charge is -2.13. The summed E-state index contributed by atoms with van der Waals surface area (Å²) in [4.78, 5) is 33.6. The van der Waals surface area contributed by atoms with Crippen molar-refractivity contribution < 1.29 is 33.0 Å². The molecule has 0 bridgehead atoms. The van der Waals surface area contributed by atoms with E-state index in [1.54, 1.807) is 0 Å². The standard InChI is InChI=1S/C13H15NO7/c1-8(15)21-11(13(17)18-2)7-20-12(16)4-3-10-5-9(14)6-19-10/h3-6,11H,7,14H2,1-2H3/b4-3+/t11-/m0/s1. The summed E-state index contributed by atoms with van der Waals surface area (Å²) in [6.07, 6.45) is 2.45. The summed E-state index contributed by atoms with van der Waals surface area (Å²) in [5.74, 6) is -1.89. The van der Waals surface area contributed by atoms with Gasteiger partial charge in [0.15, 0.2) is 0 Å². The molecule has 8 nitrogen and oxygen atoms in total. The van der Waals surface area contributed by atoms with E-state index in [0.717, 1.165) is 20.1 Å². The molecule has 0 aliphatic rings. The zero-order valence-corrected chi connectivity index (χ0v) is 11.5. The number of esters is 3. The quantitative estimate of drug-likeness (QED) is 0.458. The molecule has 8 heteroatoms. The van der Waals surface area contributed by atoms with Crippen molar-refractivity contribution in [3.05, 3.63) is 24.2 Å². The van der Waals surface area contributed by atoms with Crippen molar-refractivity contribution >= 4 is 29.7 Å². The third kappa shape index (κ3) is 5.81. The van der Waals surface area contributed by atoms with Crippen molar-refractivity contribution in [1.82, 2.24) is 0 Å². The highest BCUT2D eigenvalue weighted by atomic mass is 16.6. The second kappa shape index (κ2) is 7.73. The van der Waals surface area contributed by atoms with Gasteiger partial charge in [0.05, 0.1) is 12.8 Å². The zero-order valence-electron chi connectivity index (χ0n) is 11.5. The molecule has 1 aromatic rings. The van der Waals surface area contributed by atoms with Crippen LogP contribution >= 0.6 is 0 Å². The zero-order chi connectivity index (χ0) is 15.8. The Bertz CT molecular complexity index is 546. The topological polar surface area (TPSA) is 118 Å². The molecule has 2 N–H and O–H groups in total. The molecular weight excluding hydrogens is 282 g/mol. The molecule has 0 unspecified atom stereocenters. The number of nitrogen functional groups attached to an aromatic ring is 1. The van der Waals surface area contributed by atoms with Crippen LogP contribution in [0.4, 0.5) is 5.69 Å². The SMILES string of the molecule is COC(=O)[C@H](COC(=O)/C=C/c1cc(N)co1)OC(C)=O. The Kier molecular flexibility index (Phi) is 5.99. The number of carbonyl (C=O) groups is 3. The fourth-order valence-electron chi connectivity index (χ4n) is 1.29. The first-order valence-corrected chi connectivity index (χ1v) is 5.86. The first-order chi connectivity index (χ1) is 9.92. The first kappa shape index (κ1) is 16.3. The van der Waals surface area contributed by atoms with E-state index >= 15 is 0 Å². The largest absolute Gasteiger partial charge is 0.466 e. The minimum absolute atomic E-state index is 0.369. The molecule has 21 heavy (non-hydrogen) atoms. The van der Waals surface area contributed by atoms with Gasteiger partial charge in [-0.2, -0.15) is 0 Å². The highest BCUT2D eigenvalue weighted by molar-refractivity contribution is 5.87. The average Bonchev–Trinajstić information content (AvgIpc) is 2.85. The number of hydrogen-bond acceptors (Lipinski definition) is 8. The lowest BCUT2D eigenvalue weighted by molar-refractivity contribution is -0.170. The van der Waals surface area contributed by atoms with Crippen LogP contribution in [0.3, 0.4) is 0 Å². The molecule has 0 spiro atoms. The van der Waals surface area contributed by atoms with Crippen molar-refractivity contribution in [3.8, 4) is 0 Å². The fourth-order valence-corrected chi connectivity index (χ4v) is 1.29. The van der Waals surface area contributed by atoms with E-state index in [1.807, 2.05) is 0 Å². The Morgan fingerprint density at radius 2 is 2.14 bits per heavy atom. The van der Waals surface area contributed by atoms with Gasteiger partial charge < -0.3 is 24.4 Å². The third-order valence-electron chi connectivity index (χ3n) is 2.17. The predicted octanol–water partition coefficient (Wildman–Crippen LogP) is 0.523. The summed E-state index contributed by atoms with van der Waals surface area (Å²) in [5, 5.41) is 0. The highest BCUT2D eigenvalue weighted by Crippen LogP contribution is 2.10. The van der Waals surface area contributed by atoms with Crippen LogP contribution < -0.4 is 5.73 Å². The Morgan fingerprint density at radius 1 is 1.43 bits per heavy atom. The lowest BCUT2D eigenvalue weighted by atomic mass is 10.3. The van der Waals surface area contributed by atoms with Crippen LogP contribution in [-0.2, 0) is 28.6 Å². The van der Waals surface area contributed by atoms with Gasteiger partial charge in [0.2, 0.25) is 6.10 Å². The van der Waals surface area contributed by atoms with E-state index in [2.05, 4.69) is 9.47 Å². The predicted molar refractivity (Wildman–Crippen MR) is 70.7 cm³/mol. The van der Waals surface area contributed by atoms with E-state index in [4.69, 9.17) is 14.9 Å². The van der Waals surface area contributed by atoms with E-state index in [0.29, 0.717) is 11.4 Å². The van der Waals surface area contributed by atoms with Gasteiger partial charge in [-0.05, 0) is 6.08 Å². The molecular formula is C13H15NO7. The van der Waals surface area contributed by atoms with Crippen LogP contribution in [0.2, 0.25) is 0 Å². The second-order valence-corrected chi connectivity index (χ2v) is 3.87. The van der Waals surface area contributed by atoms with E-state index in [9.17, 15) is 14.4 Å². The number of anilines is 1. The number of methoxy groups -OCH3 is 1. The molecule has 0 aliphatic carbocycles. The Labute approximate surface area is 120 Å². The first-order valence-electron chi connectivity index (χ1n) is 5.86. The molecule has 1 aromatic heterocycles. The molecule has 0 fully saturated rings. The van der Waals surface area contributed by atoms with Crippen LogP contribution in [0.25, 0.3) is 6.08 Å². The van der Waals surface area contributed by atoms with Crippen LogP contribution in [0.5, 0.6) is 0 Å². The van der Waals surface area contributed by atoms with Crippen molar-refractivity contribution in [3.63, 3.8) is 0 Å². The normalized spacial score (nSPS) is 11.9. The van der Waals surface area contributed by atoms with Gasteiger partial charge >= 0.3 is 17.9 Å². The number of furan rings is 1. The lowest BCUT2D eigenvalue weighted by Crippen LogP contribution is -2.32.